The second-order valence-corrected chi connectivity index (χ2v) is 12.0. The number of nitrogens with one attached hydrogen (secondary N) is 1. The number of thiazole rings is 1. The first-order chi connectivity index (χ1) is 20.0. The van der Waals surface area contributed by atoms with E-state index in [1.807, 2.05) is 74.5 Å². The maximum Gasteiger partial charge on any atom is 0.303 e. The van der Waals surface area contributed by atoms with E-state index >= 15 is 0 Å². The predicted octanol–water partition coefficient (Wildman–Crippen LogP) is 6.26. The number of esters is 1. The molecule has 1 heterocycles. The molecular formula is C33H43N3O5S. The monoisotopic (exact) mass is 593 g/mol. The molecule has 2 amide bonds. The Hall–Kier alpha value is -3.56. The van der Waals surface area contributed by atoms with E-state index in [9.17, 15) is 19.5 Å². The molecule has 1 aromatic heterocycles. The van der Waals surface area contributed by atoms with Crippen molar-refractivity contribution >= 4 is 29.1 Å². The van der Waals surface area contributed by atoms with Crippen LogP contribution >= 0.6 is 11.3 Å². The van der Waals surface area contributed by atoms with Gasteiger partial charge in [0.15, 0.2) is 6.10 Å². The highest BCUT2D eigenvalue weighted by molar-refractivity contribution is 7.09. The van der Waals surface area contributed by atoms with Crippen LogP contribution in [0.1, 0.15) is 98.8 Å². The molecule has 226 valence electrons. The molecule has 0 saturated heterocycles. The summed E-state index contributed by atoms with van der Waals surface area (Å²) in [7, 11) is 1.79. The van der Waals surface area contributed by atoms with Gasteiger partial charge in [0.05, 0.1) is 6.04 Å². The Bertz CT molecular complexity index is 1300. The van der Waals surface area contributed by atoms with Crippen molar-refractivity contribution in [3.05, 3.63) is 87.9 Å². The fourth-order valence-electron chi connectivity index (χ4n) is 4.87. The Balaban J connectivity index is 1.83. The normalized spacial score (nSPS) is 14.9. The van der Waals surface area contributed by atoms with Crippen molar-refractivity contribution in [3.8, 4) is 0 Å². The highest BCUT2D eigenvalue weighted by Crippen LogP contribution is 2.32. The highest BCUT2D eigenvalue weighted by Gasteiger charge is 2.32. The molecule has 0 aliphatic carbocycles. The van der Waals surface area contributed by atoms with Gasteiger partial charge < -0.3 is 20.1 Å². The number of rotatable bonds is 14. The van der Waals surface area contributed by atoms with Crippen LogP contribution in [0.3, 0.4) is 0 Å². The molecule has 0 radical (unpaired) electrons. The van der Waals surface area contributed by atoms with Gasteiger partial charge in [-0.1, -0.05) is 94.8 Å². The van der Waals surface area contributed by atoms with E-state index in [2.05, 4.69) is 24.1 Å². The van der Waals surface area contributed by atoms with Crippen LogP contribution in [0.5, 0.6) is 0 Å². The van der Waals surface area contributed by atoms with Gasteiger partial charge in [0, 0.05) is 38.2 Å². The predicted molar refractivity (Wildman–Crippen MR) is 165 cm³/mol. The van der Waals surface area contributed by atoms with Gasteiger partial charge in [0.25, 0.3) is 5.91 Å². The third kappa shape index (κ3) is 8.97. The van der Waals surface area contributed by atoms with Gasteiger partial charge in [-0.15, -0.1) is 11.3 Å². The molecule has 2 aromatic carbocycles. The van der Waals surface area contributed by atoms with E-state index in [1.165, 1.54) is 18.3 Å². The molecule has 3 rings (SSSR count). The van der Waals surface area contributed by atoms with Crippen molar-refractivity contribution in [2.24, 2.45) is 11.8 Å². The second kappa shape index (κ2) is 15.6. The van der Waals surface area contributed by atoms with E-state index in [0.29, 0.717) is 23.4 Å². The van der Waals surface area contributed by atoms with Gasteiger partial charge in [0.1, 0.15) is 16.8 Å². The van der Waals surface area contributed by atoms with Crippen LogP contribution in [-0.4, -0.2) is 45.9 Å². The first-order valence-corrected chi connectivity index (χ1v) is 15.4. The second-order valence-electron chi connectivity index (χ2n) is 11.2. The fraction of sp³-hybridized carbons (Fsp3) is 0.455. The van der Waals surface area contributed by atoms with E-state index < -0.39 is 30.1 Å². The summed E-state index contributed by atoms with van der Waals surface area (Å²) in [6, 6.07) is 17.5. The van der Waals surface area contributed by atoms with Gasteiger partial charge in [-0.3, -0.25) is 14.4 Å². The first kappa shape index (κ1) is 32.9. The van der Waals surface area contributed by atoms with Crippen molar-refractivity contribution < 1.29 is 24.2 Å². The summed E-state index contributed by atoms with van der Waals surface area (Å²) in [6.07, 6.45) is 0.0146. The minimum Gasteiger partial charge on any atom is -0.455 e. The number of carbonyl (C=O) groups excluding carboxylic acids is 3. The molecule has 0 fully saturated rings. The van der Waals surface area contributed by atoms with Crippen LogP contribution < -0.4 is 5.32 Å². The summed E-state index contributed by atoms with van der Waals surface area (Å²) in [5, 5.41) is 16.3. The zero-order valence-corrected chi connectivity index (χ0v) is 26.1. The molecule has 3 aromatic rings. The molecule has 9 heteroatoms. The summed E-state index contributed by atoms with van der Waals surface area (Å²) < 4.78 is 5.69. The number of benzene rings is 2. The fourth-order valence-corrected chi connectivity index (χ4v) is 5.71. The third-order valence-corrected chi connectivity index (χ3v) is 8.51. The van der Waals surface area contributed by atoms with E-state index in [1.54, 1.807) is 17.3 Å². The number of ether oxygens (including phenoxy) is 1. The van der Waals surface area contributed by atoms with Gasteiger partial charge in [-0.2, -0.15) is 0 Å². The van der Waals surface area contributed by atoms with Crippen LogP contribution in [0.2, 0.25) is 0 Å². The minimum atomic E-state index is -0.986. The van der Waals surface area contributed by atoms with Crippen LogP contribution in [0.25, 0.3) is 0 Å². The van der Waals surface area contributed by atoms with E-state index in [-0.39, 0.29) is 29.5 Å². The Morgan fingerprint density at radius 2 is 1.60 bits per heavy atom. The molecular weight excluding hydrogens is 550 g/mol. The summed E-state index contributed by atoms with van der Waals surface area (Å²) in [6.45, 7) is 9.53. The summed E-state index contributed by atoms with van der Waals surface area (Å²) in [5.74, 6) is -0.496. The lowest BCUT2D eigenvalue weighted by Crippen LogP contribution is -2.42. The number of hydrogen-bond donors (Lipinski definition) is 2. The summed E-state index contributed by atoms with van der Waals surface area (Å²) >= 11 is 1.23. The lowest BCUT2D eigenvalue weighted by Gasteiger charge is -2.34. The molecule has 5 atom stereocenters. The lowest BCUT2D eigenvalue weighted by molar-refractivity contribution is -0.148. The summed E-state index contributed by atoms with van der Waals surface area (Å²) in [5.41, 5.74) is 1.59. The Morgan fingerprint density at radius 3 is 2.14 bits per heavy atom. The van der Waals surface area contributed by atoms with Gasteiger partial charge in [-0.25, -0.2) is 4.98 Å². The maximum atomic E-state index is 13.4. The lowest BCUT2D eigenvalue weighted by atomic mass is 9.95. The molecule has 2 unspecified atom stereocenters. The number of nitrogens with zero attached hydrogens (tertiary/aromatic N) is 2. The number of hydrogen-bond acceptors (Lipinski definition) is 7. The topological polar surface area (TPSA) is 109 Å². The van der Waals surface area contributed by atoms with E-state index in [0.717, 1.165) is 12.0 Å². The van der Waals surface area contributed by atoms with Crippen LogP contribution in [0, 0.1) is 11.8 Å². The maximum absolute atomic E-state index is 13.4. The zero-order valence-electron chi connectivity index (χ0n) is 25.3. The SMILES string of the molecule is CC[C@H](C)CC(=O)N(C)[C@H](C[C@@H](OC(C)=O)c1nc(C(=O)NC(c2ccccc2)C(O)c2ccccc2)cs1)C(C)C. The Labute approximate surface area is 253 Å². The average Bonchev–Trinajstić information content (AvgIpc) is 3.48. The zero-order chi connectivity index (χ0) is 30.8. The van der Waals surface area contributed by atoms with Crippen molar-refractivity contribution in [1.29, 1.82) is 0 Å². The van der Waals surface area contributed by atoms with Gasteiger partial charge in [-0.05, 0) is 23.0 Å². The minimum absolute atomic E-state index is 0.0489. The van der Waals surface area contributed by atoms with Crippen LogP contribution in [0.15, 0.2) is 66.0 Å². The smallest absolute Gasteiger partial charge is 0.303 e. The standard InChI is InChI=1S/C33H43N3O5S/c1-7-22(4)18-29(38)36(6)27(21(2)3)19-28(41-23(5)37)33-34-26(20-42-33)32(40)35-30(24-14-10-8-11-15-24)31(39)25-16-12-9-13-17-25/h8-17,20-22,27-28,30-31,39H,7,18-19H2,1-6H3,(H,35,40)/t22-,27+,28+,30?,31?/m0/s1. The molecule has 0 aliphatic rings. The highest BCUT2D eigenvalue weighted by atomic mass is 32.1. The number of amides is 2. The van der Waals surface area contributed by atoms with Gasteiger partial charge in [0.2, 0.25) is 5.91 Å². The Morgan fingerprint density at radius 1 is 1.00 bits per heavy atom. The van der Waals surface area contributed by atoms with Gasteiger partial charge >= 0.3 is 5.97 Å². The van der Waals surface area contributed by atoms with Crippen molar-refractivity contribution in [2.45, 2.75) is 78.2 Å². The molecule has 0 aliphatic heterocycles. The molecule has 8 nitrogen and oxygen atoms in total. The van der Waals surface area contributed by atoms with Crippen molar-refractivity contribution in [3.63, 3.8) is 0 Å². The third-order valence-electron chi connectivity index (χ3n) is 7.58. The van der Waals surface area contributed by atoms with Crippen molar-refractivity contribution in [2.75, 3.05) is 7.05 Å². The first-order valence-electron chi connectivity index (χ1n) is 14.5. The average molecular weight is 594 g/mol. The van der Waals surface area contributed by atoms with Crippen molar-refractivity contribution in [1.82, 2.24) is 15.2 Å². The molecule has 2 N–H and O–H groups in total. The Kier molecular flexibility index (Phi) is 12.2. The number of aliphatic hydroxyl groups is 1. The largest absolute Gasteiger partial charge is 0.455 e. The van der Waals surface area contributed by atoms with E-state index in [4.69, 9.17) is 4.74 Å². The quantitative estimate of drug-likeness (QED) is 0.214. The van der Waals surface area contributed by atoms with Crippen LogP contribution in [0.4, 0.5) is 0 Å². The number of carbonyl (C=O) groups is 3. The summed E-state index contributed by atoms with van der Waals surface area (Å²) in [4.78, 5) is 44.8. The molecule has 42 heavy (non-hydrogen) atoms. The molecule has 0 bridgehead atoms. The van der Waals surface area contributed by atoms with Crippen LogP contribution in [-0.2, 0) is 14.3 Å². The number of aromatic nitrogens is 1. The number of aliphatic hydroxyl groups excluding tert-OH is 1. The molecule has 0 saturated carbocycles. The molecule has 0 spiro atoms.